The molecule has 18 aromatic rings. The van der Waals surface area contributed by atoms with Gasteiger partial charge < -0.3 is 28.4 Å². The molecule has 0 saturated heterocycles. The Morgan fingerprint density at radius 3 is 1.06 bits per heavy atom. The highest BCUT2D eigenvalue weighted by molar-refractivity contribution is 7.00. The third-order valence-electron chi connectivity index (χ3n) is 37.7. The molecule has 15 aromatic carbocycles. The molecule has 740 valence electrons. The van der Waals surface area contributed by atoms with Crippen molar-refractivity contribution in [2.45, 2.75) is 310 Å². The standard InChI is InChI=1S/C139H148B2N6/c1-127(2,3)84-41-52-95(53-42-84)144-114-60-49-88(131(13,14)15)65-99(114)102-72-111-106(77-118(102)144)136(25,26)108-68-91(132(16,17)18)70-123-125(108)141(111)113-75-107-120(79-122(113)146(123)97-56-45-86(46-57-97)129(7,8)9)147(98-58-47-87(48-59-98)130(10,11)12)139(30)64-63-83(81-138(107,139)29)80-133(19,20)92-69-109-126-124(71-92)145(96-54-43-85(44-55-96)128(4,5)6)121-78-119-104-74-112(121)140(126)110-73-103-100-66-89(50-61-115(100)142(93-37-33-31-34-38-93)117(103)76-105(110)137(109,27)28)134(21,22)82-135(23,24)90-51-62-116(101(104)67-90)143(119)94-39-35-32-36-40-94/h31-62,65-79,83H,63-64,80-82H2,1-30H3. The molecule has 6 nitrogen and oxygen atoms in total. The Labute approximate surface area is 875 Å². The lowest BCUT2D eigenvalue weighted by molar-refractivity contribution is 0.127. The van der Waals surface area contributed by atoms with Crippen LogP contribution in [0.2, 0.25) is 0 Å². The van der Waals surface area contributed by atoms with E-state index in [0.717, 1.165) is 37.8 Å². The lowest BCUT2D eigenvalue weighted by Crippen LogP contribution is -2.64. The predicted octanol–water partition coefficient (Wildman–Crippen LogP) is 32.9. The molecule has 3 unspecified atom stereocenters. The highest BCUT2D eigenvalue weighted by Crippen LogP contribution is 2.65. The van der Waals surface area contributed by atoms with Gasteiger partial charge >= 0.3 is 0 Å². The molecule has 0 radical (unpaired) electrons. The van der Waals surface area contributed by atoms with Gasteiger partial charge in [0.15, 0.2) is 0 Å². The van der Waals surface area contributed by atoms with Crippen LogP contribution in [0.1, 0.15) is 318 Å². The first-order valence-electron chi connectivity index (χ1n) is 55.0. The van der Waals surface area contributed by atoms with Gasteiger partial charge in [0.05, 0.1) is 38.6 Å². The Balaban J connectivity index is 0.714. The molecule has 25 rings (SSSR count). The van der Waals surface area contributed by atoms with E-state index in [2.05, 4.69) is 521 Å². The third kappa shape index (κ3) is 14.1. The Morgan fingerprint density at radius 2 is 0.626 bits per heavy atom. The van der Waals surface area contributed by atoms with Gasteiger partial charge in [-0.1, -0.05) is 351 Å². The van der Waals surface area contributed by atoms with Crippen molar-refractivity contribution in [2.24, 2.45) is 5.92 Å². The van der Waals surface area contributed by atoms with Crippen LogP contribution in [-0.2, 0) is 65.0 Å². The van der Waals surface area contributed by atoms with Gasteiger partial charge in [-0.05, 0) is 339 Å². The van der Waals surface area contributed by atoms with Crippen molar-refractivity contribution < 1.29 is 0 Å². The minimum absolute atomic E-state index is 0.00612. The minimum Gasteiger partial charge on any atom is -0.334 e. The number of rotatable bonds is 9. The first-order valence-corrected chi connectivity index (χ1v) is 55.0. The quantitative estimate of drug-likeness (QED) is 0.135. The van der Waals surface area contributed by atoms with Gasteiger partial charge in [-0.25, -0.2) is 0 Å². The molecule has 1 fully saturated rings. The molecule has 147 heavy (non-hydrogen) atoms. The van der Waals surface area contributed by atoms with Crippen molar-refractivity contribution in [3.63, 3.8) is 0 Å². The largest absolute Gasteiger partial charge is 0.334 e. The van der Waals surface area contributed by atoms with Crippen LogP contribution in [0.5, 0.6) is 0 Å². The Morgan fingerprint density at radius 1 is 0.272 bits per heavy atom. The van der Waals surface area contributed by atoms with E-state index in [1.165, 1.54) is 233 Å². The van der Waals surface area contributed by atoms with Crippen molar-refractivity contribution in [1.29, 1.82) is 0 Å². The lowest BCUT2D eigenvalue weighted by Gasteiger charge is -2.53. The summed E-state index contributed by atoms with van der Waals surface area (Å²) in [6.45, 7) is 73.5. The lowest BCUT2D eigenvalue weighted by atomic mass is 9.29. The first-order chi connectivity index (χ1) is 69.1. The molecule has 9 heterocycles. The SMILES string of the molecule is CC(C)(C)c1ccc(N2c3cc4c(cc3B3c5cc6c7cc(C(C)(C)C)ccc7n(-c7ccc(C(C)(C)C)cc7)c6cc5C(C)(C)c5cc(C(C)(C)C)cc2c53)C2(C)CC(CC(C)(C)c3cc5c6c(c3)C(C)(C)c3cc7c8cc3B6c3cc6c9cc(ccc9n(-c9ccccc9)c6cc3N5c3ccc(C(C)(C)C)cc3)C(C)(C)CC(C)(C)c3ccc(c8c3)n7-c3ccccc3)CCC2(C)N4c2ccc(C(C)(C)C)cc2)cc1. The molecule has 6 aliphatic heterocycles. The molecule has 7 aliphatic rings. The van der Waals surface area contributed by atoms with E-state index in [1.807, 2.05) is 0 Å². The summed E-state index contributed by atoms with van der Waals surface area (Å²) in [4.78, 5) is 8.41. The molecule has 3 atom stereocenters. The Hall–Kier alpha value is -12.8. The summed E-state index contributed by atoms with van der Waals surface area (Å²) >= 11 is 0. The number of nitrogens with zero attached hydrogens (tertiary/aromatic N) is 6. The summed E-state index contributed by atoms with van der Waals surface area (Å²) in [5.41, 5.74) is 46.0. The smallest absolute Gasteiger partial charge is 0.247 e. The van der Waals surface area contributed by atoms with Gasteiger partial charge in [-0.15, -0.1) is 0 Å². The van der Waals surface area contributed by atoms with Gasteiger partial charge in [0.1, 0.15) is 0 Å². The maximum absolute atomic E-state index is 2.90. The number of hydrogen-bond donors (Lipinski definition) is 0. The fraction of sp³-hybridized carbons (Fsp3) is 0.353. The van der Waals surface area contributed by atoms with Crippen LogP contribution in [0.25, 0.3) is 82.5 Å². The van der Waals surface area contributed by atoms with Gasteiger partial charge in [0.25, 0.3) is 0 Å². The van der Waals surface area contributed by atoms with Crippen molar-refractivity contribution in [2.75, 3.05) is 14.7 Å². The highest BCUT2D eigenvalue weighted by Gasteiger charge is 2.62. The minimum atomic E-state index is -0.480. The predicted molar refractivity (Wildman–Crippen MR) is 634 cm³/mol. The fourth-order valence-electron chi connectivity index (χ4n) is 29.2. The molecule has 0 spiro atoms. The Bertz CT molecular complexity index is 8600. The average molecular weight is 1920 g/mol. The van der Waals surface area contributed by atoms with E-state index in [4.69, 9.17) is 0 Å². The molecular weight excluding hydrogens is 1780 g/mol. The summed E-state index contributed by atoms with van der Waals surface area (Å²) < 4.78 is 7.80. The maximum Gasteiger partial charge on any atom is 0.247 e. The summed E-state index contributed by atoms with van der Waals surface area (Å²) in [6.07, 6.45) is 5.06. The molecule has 8 bridgehead atoms. The monoisotopic (exact) mass is 1920 g/mol. The van der Waals surface area contributed by atoms with Gasteiger partial charge in [0.2, 0.25) is 13.4 Å². The molecule has 8 heteroatoms. The molecule has 0 N–H and O–H groups in total. The van der Waals surface area contributed by atoms with E-state index in [0.29, 0.717) is 5.92 Å². The second kappa shape index (κ2) is 31.2. The number of hydrogen-bond acceptors (Lipinski definition) is 3. The first kappa shape index (κ1) is 95.2. The zero-order valence-electron chi connectivity index (χ0n) is 93.1. The van der Waals surface area contributed by atoms with Crippen LogP contribution in [0.4, 0.5) is 45.5 Å². The summed E-state index contributed by atoms with van der Waals surface area (Å²) in [5.74, 6) is 0.338. The average Bonchev–Trinajstić information content (AvgIpc) is 1.58. The summed E-state index contributed by atoms with van der Waals surface area (Å²) in [5, 5.41) is 7.81. The van der Waals surface area contributed by atoms with Crippen LogP contribution in [0, 0.1) is 5.92 Å². The molecule has 0 amide bonds. The van der Waals surface area contributed by atoms with Crippen LogP contribution < -0.4 is 47.5 Å². The van der Waals surface area contributed by atoms with E-state index < -0.39 is 10.8 Å². The van der Waals surface area contributed by atoms with Crippen molar-refractivity contribution in [3.8, 4) is 17.1 Å². The number of benzene rings is 15. The topological polar surface area (TPSA) is 24.5 Å². The van der Waals surface area contributed by atoms with E-state index >= 15 is 0 Å². The van der Waals surface area contributed by atoms with Gasteiger partial charge in [-0.2, -0.15) is 0 Å². The fourth-order valence-corrected chi connectivity index (χ4v) is 29.2. The third-order valence-corrected chi connectivity index (χ3v) is 37.7. The van der Waals surface area contributed by atoms with Crippen LogP contribution >= 0.6 is 0 Å². The van der Waals surface area contributed by atoms with E-state index in [9.17, 15) is 0 Å². The van der Waals surface area contributed by atoms with Crippen molar-refractivity contribution >= 4 is 157 Å². The molecule has 3 aromatic heterocycles. The van der Waals surface area contributed by atoms with Gasteiger partial charge in [-0.3, -0.25) is 0 Å². The molecule has 1 saturated carbocycles. The maximum atomic E-state index is 2.90. The summed E-state index contributed by atoms with van der Waals surface area (Å²) in [7, 11) is 0. The molecule has 1 aliphatic carbocycles. The molecular formula is C139H148B2N6. The Kier molecular flexibility index (Phi) is 20.2. The zero-order valence-corrected chi connectivity index (χ0v) is 93.1. The van der Waals surface area contributed by atoms with Crippen LogP contribution in [0.3, 0.4) is 0 Å². The number of aromatic nitrogens is 3. The second-order valence-corrected chi connectivity index (χ2v) is 55.6. The zero-order chi connectivity index (χ0) is 103. The van der Waals surface area contributed by atoms with Crippen LogP contribution in [0.15, 0.2) is 285 Å². The number of anilines is 8. The highest BCUT2D eigenvalue weighted by atomic mass is 15.3. The summed E-state index contributed by atoms with van der Waals surface area (Å²) in [6, 6.07) is 117. The normalized spacial score (nSPS) is 19.0. The van der Waals surface area contributed by atoms with Crippen molar-refractivity contribution in [3.05, 3.63) is 363 Å². The number of para-hydroxylation sites is 2. The van der Waals surface area contributed by atoms with Crippen LogP contribution in [-0.4, -0.2) is 32.7 Å². The van der Waals surface area contributed by atoms with Crippen molar-refractivity contribution in [1.82, 2.24) is 13.7 Å². The van der Waals surface area contributed by atoms with E-state index in [-0.39, 0.29) is 73.1 Å². The van der Waals surface area contributed by atoms with E-state index in [1.54, 1.807) is 0 Å². The number of fused-ring (bicyclic) bond motifs is 12. The second-order valence-electron chi connectivity index (χ2n) is 55.6. The van der Waals surface area contributed by atoms with Gasteiger partial charge in [0, 0.05) is 111 Å².